The van der Waals surface area contributed by atoms with Crippen LogP contribution in [0.3, 0.4) is 0 Å². The van der Waals surface area contributed by atoms with Crippen LogP contribution < -0.4 is 4.90 Å². The number of rotatable bonds is 3. The topological polar surface area (TPSA) is 61.6 Å². The summed E-state index contributed by atoms with van der Waals surface area (Å²) in [5.41, 5.74) is 1.46. The molecule has 2 atom stereocenters. The van der Waals surface area contributed by atoms with Gasteiger partial charge in [-0.1, -0.05) is 18.2 Å². The normalized spacial score (nSPS) is 29.7. The predicted molar refractivity (Wildman–Crippen MR) is 107 cm³/mol. The molecule has 0 saturated carbocycles. The number of carbonyl (C=O) groups excluding carboxylic acids is 1. The summed E-state index contributed by atoms with van der Waals surface area (Å²) in [5, 5.41) is 11.3. The minimum atomic E-state index is -0.888. The van der Waals surface area contributed by atoms with E-state index in [4.69, 9.17) is 0 Å². The molecular weight excluding hydrogens is 352 g/mol. The van der Waals surface area contributed by atoms with Crippen LogP contribution in [0.4, 0.5) is 5.69 Å². The largest absolute Gasteiger partial charge is 0.382 e. The van der Waals surface area contributed by atoms with Gasteiger partial charge in [-0.3, -0.25) is 9.69 Å². The van der Waals surface area contributed by atoms with Gasteiger partial charge in [0.25, 0.3) is 0 Å². The van der Waals surface area contributed by atoms with E-state index in [1.165, 1.54) is 5.56 Å². The Hall–Kier alpha value is -2.18. The van der Waals surface area contributed by atoms with Crippen LogP contribution in [0.5, 0.6) is 0 Å². The van der Waals surface area contributed by atoms with Crippen molar-refractivity contribution in [3.8, 4) is 0 Å². The molecule has 2 bridgehead atoms. The van der Waals surface area contributed by atoms with E-state index in [9.17, 15) is 9.90 Å². The monoisotopic (exact) mass is 380 g/mol. The third kappa shape index (κ3) is 2.86. The molecule has 1 amide bonds. The summed E-state index contributed by atoms with van der Waals surface area (Å²) in [4.78, 5) is 21.9. The van der Waals surface area contributed by atoms with Crippen LogP contribution in [-0.2, 0) is 23.9 Å². The summed E-state index contributed by atoms with van der Waals surface area (Å²) in [6.07, 6.45) is 9.09. The quantitative estimate of drug-likeness (QED) is 0.887. The van der Waals surface area contributed by atoms with E-state index >= 15 is 0 Å². The van der Waals surface area contributed by atoms with Gasteiger partial charge in [0.1, 0.15) is 11.4 Å². The van der Waals surface area contributed by atoms with Crippen molar-refractivity contribution in [3.63, 3.8) is 0 Å². The molecule has 28 heavy (non-hydrogen) atoms. The molecule has 2 aromatic rings. The average Bonchev–Trinajstić information content (AvgIpc) is 3.23. The Morgan fingerprint density at radius 2 is 2.00 bits per heavy atom. The van der Waals surface area contributed by atoms with Gasteiger partial charge in [-0.15, -0.1) is 0 Å². The number of hydrogen-bond donors (Lipinski definition) is 1. The first kappa shape index (κ1) is 17.9. The molecule has 2 fully saturated rings. The number of hydrogen-bond acceptors (Lipinski definition) is 4. The number of benzene rings is 1. The van der Waals surface area contributed by atoms with Crippen molar-refractivity contribution in [1.82, 2.24) is 14.5 Å². The zero-order chi connectivity index (χ0) is 19.3. The lowest BCUT2D eigenvalue weighted by Gasteiger charge is -2.43. The number of aliphatic hydroxyl groups is 1. The van der Waals surface area contributed by atoms with Crippen molar-refractivity contribution in [2.75, 3.05) is 18.0 Å². The number of para-hydroxylation sites is 1. The standard InChI is InChI=1S/C22H28N4O2/c1-24-12-10-23-21(24)22(28)13-17-8-9-18(14-22)26(17)15-20(27)25-11-4-6-16-5-2-3-7-19(16)25/h2-3,5,7,10,12,17-18,28H,4,6,8-9,11,13-15H2,1H3/t17-,18-/m1/s1. The predicted octanol–water partition coefficient (Wildman–Crippen LogP) is 2.21. The number of nitrogens with zero attached hydrogens (tertiary/aromatic N) is 4. The Balaban J connectivity index is 1.33. The van der Waals surface area contributed by atoms with Crippen molar-refractivity contribution in [2.45, 2.75) is 56.2 Å². The summed E-state index contributed by atoms with van der Waals surface area (Å²) in [5.74, 6) is 0.937. The second-order valence-corrected chi connectivity index (χ2v) is 8.64. The first-order valence-electron chi connectivity index (χ1n) is 10.4. The molecule has 1 aromatic carbocycles. The SMILES string of the molecule is Cn1ccnc1C1(O)C[C@H]2CC[C@H](C1)N2CC(=O)N1CCCc2ccccc21. The maximum atomic E-state index is 13.2. The van der Waals surface area contributed by atoms with E-state index in [0.29, 0.717) is 19.4 Å². The smallest absolute Gasteiger partial charge is 0.241 e. The van der Waals surface area contributed by atoms with Crippen molar-refractivity contribution >= 4 is 11.6 Å². The fourth-order valence-electron chi connectivity index (χ4n) is 5.61. The highest BCUT2D eigenvalue weighted by Crippen LogP contribution is 2.45. The Labute approximate surface area is 165 Å². The molecular formula is C22H28N4O2. The lowest BCUT2D eigenvalue weighted by molar-refractivity contribution is -0.123. The molecule has 4 heterocycles. The zero-order valence-corrected chi connectivity index (χ0v) is 16.4. The molecule has 0 spiro atoms. The number of imidazole rings is 1. The number of piperidine rings is 1. The van der Waals surface area contributed by atoms with Crippen molar-refractivity contribution in [1.29, 1.82) is 0 Å². The molecule has 1 N–H and O–H groups in total. The minimum absolute atomic E-state index is 0.187. The lowest BCUT2D eigenvalue weighted by Crippen LogP contribution is -2.54. The Morgan fingerprint density at radius 1 is 1.25 bits per heavy atom. The summed E-state index contributed by atoms with van der Waals surface area (Å²) in [6.45, 7) is 1.25. The maximum Gasteiger partial charge on any atom is 0.241 e. The number of aromatic nitrogens is 2. The highest BCUT2D eigenvalue weighted by Gasteiger charge is 2.50. The van der Waals surface area contributed by atoms with Crippen LogP contribution in [0.15, 0.2) is 36.7 Å². The summed E-state index contributed by atoms with van der Waals surface area (Å²) in [6, 6.07) is 8.75. The van der Waals surface area contributed by atoms with E-state index < -0.39 is 5.60 Å². The molecule has 148 valence electrons. The molecule has 2 saturated heterocycles. The minimum Gasteiger partial charge on any atom is -0.382 e. The molecule has 1 aromatic heterocycles. The van der Waals surface area contributed by atoms with Gasteiger partial charge in [-0.2, -0.15) is 0 Å². The summed E-state index contributed by atoms with van der Waals surface area (Å²) in [7, 11) is 1.94. The number of aryl methyl sites for hydroxylation is 2. The molecule has 6 nitrogen and oxygen atoms in total. The maximum absolute atomic E-state index is 13.2. The number of fused-ring (bicyclic) bond motifs is 3. The zero-order valence-electron chi connectivity index (χ0n) is 16.4. The average molecular weight is 380 g/mol. The first-order chi connectivity index (χ1) is 13.5. The number of amides is 1. The second-order valence-electron chi connectivity index (χ2n) is 8.64. The molecule has 5 rings (SSSR count). The van der Waals surface area contributed by atoms with Gasteiger partial charge in [-0.05, 0) is 50.2 Å². The van der Waals surface area contributed by atoms with Crippen molar-refractivity contribution in [3.05, 3.63) is 48.0 Å². The third-order valence-electron chi connectivity index (χ3n) is 6.88. The Bertz CT molecular complexity index is 878. The van der Waals surface area contributed by atoms with E-state index in [1.54, 1.807) is 6.20 Å². The van der Waals surface area contributed by atoms with Gasteiger partial charge in [0.15, 0.2) is 0 Å². The molecule has 6 heteroatoms. The van der Waals surface area contributed by atoms with Gasteiger partial charge in [-0.25, -0.2) is 4.98 Å². The fourth-order valence-corrected chi connectivity index (χ4v) is 5.61. The Kier molecular flexibility index (Phi) is 4.29. The van der Waals surface area contributed by atoms with Crippen molar-refractivity contribution in [2.24, 2.45) is 7.05 Å². The van der Waals surface area contributed by atoms with Gasteiger partial charge in [0, 0.05) is 43.8 Å². The Morgan fingerprint density at radius 3 is 2.71 bits per heavy atom. The summed E-state index contributed by atoms with van der Waals surface area (Å²) >= 11 is 0. The lowest BCUT2D eigenvalue weighted by atomic mass is 9.85. The van der Waals surface area contributed by atoms with Gasteiger partial charge in [0.2, 0.25) is 5.91 Å². The van der Waals surface area contributed by atoms with E-state index in [1.807, 2.05) is 28.8 Å². The molecule has 0 unspecified atom stereocenters. The van der Waals surface area contributed by atoms with E-state index in [2.05, 4.69) is 28.1 Å². The van der Waals surface area contributed by atoms with Crippen LogP contribution in [0.1, 0.15) is 43.5 Å². The molecule has 3 aliphatic rings. The molecule has 0 radical (unpaired) electrons. The van der Waals surface area contributed by atoms with Crippen LogP contribution in [0, 0.1) is 0 Å². The van der Waals surface area contributed by atoms with Crippen LogP contribution in [-0.4, -0.2) is 50.6 Å². The van der Waals surface area contributed by atoms with E-state index in [0.717, 1.165) is 43.7 Å². The summed E-state index contributed by atoms with van der Waals surface area (Å²) < 4.78 is 1.92. The van der Waals surface area contributed by atoms with Crippen molar-refractivity contribution < 1.29 is 9.90 Å². The second kappa shape index (κ2) is 6.71. The highest BCUT2D eigenvalue weighted by atomic mass is 16.3. The molecule has 0 aliphatic carbocycles. The number of carbonyl (C=O) groups is 1. The van der Waals surface area contributed by atoms with Crippen LogP contribution in [0.2, 0.25) is 0 Å². The van der Waals surface area contributed by atoms with Crippen LogP contribution >= 0.6 is 0 Å². The highest BCUT2D eigenvalue weighted by molar-refractivity contribution is 5.96. The first-order valence-corrected chi connectivity index (χ1v) is 10.4. The van der Waals surface area contributed by atoms with Gasteiger partial charge in [0.05, 0.1) is 6.54 Å². The number of anilines is 1. The van der Waals surface area contributed by atoms with E-state index in [-0.39, 0.29) is 18.0 Å². The van der Waals surface area contributed by atoms with Gasteiger partial charge >= 0.3 is 0 Å². The van der Waals surface area contributed by atoms with Gasteiger partial charge < -0.3 is 14.6 Å². The fraction of sp³-hybridized carbons (Fsp3) is 0.545. The van der Waals surface area contributed by atoms with Crippen LogP contribution in [0.25, 0.3) is 0 Å². The molecule has 3 aliphatic heterocycles. The third-order valence-corrected chi connectivity index (χ3v) is 6.88.